The van der Waals surface area contributed by atoms with E-state index in [9.17, 15) is 8.42 Å². The van der Waals surface area contributed by atoms with Crippen LogP contribution in [0.1, 0.15) is 66.2 Å². The molecule has 1 N–H and O–H groups in total. The van der Waals surface area contributed by atoms with E-state index >= 15 is 0 Å². The highest BCUT2D eigenvalue weighted by molar-refractivity contribution is 7.92. The van der Waals surface area contributed by atoms with E-state index in [2.05, 4.69) is 12.2 Å². The Kier molecular flexibility index (Phi) is 6.31. The van der Waals surface area contributed by atoms with E-state index in [0.717, 1.165) is 5.92 Å². The Morgan fingerprint density at radius 1 is 1.11 bits per heavy atom. The summed E-state index contributed by atoms with van der Waals surface area (Å²) in [4.78, 5) is 0. The van der Waals surface area contributed by atoms with Crippen molar-refractivity contribution < 1.29 is 8.42 Å². The Morgan fingerprint density at radius 3 is 2.11 bits per heavy atom. The Hall–Kier alpha value is -0.0900. The lowest BCUT2D eigenvalue weighted by atomic mass is 9.93. The van der Waals surface area contributed by atoms with E-state index in [1.54, 1.807) is 20.8 Å². The highest BCUT2D eigenvalue weighted by atomic mass is 32.2. The molecule has 1 aliphatic carbocycles. The quantitative estimate of drug-likeness (QED) is 0.791. The van der Waals surface area contributed by atoms with Gasteiger partial charge in [-0.25, -0.2) is 8.42 Å². The van der Waals surface area contributed by atoms with Crippen LogP contribution in [-0.4, -0.2) is 31.5 Å². The third-order valence-corrected chi connectivity index (χ3v) is 6.98. The number of rotatable bonds is 5. The molecule has 0 bridgehead atoms. The summed E-state index contributed by atoms with van der Waals surface area (Å²) in [7, 11) is -2.99. The van der Waals surface area contributed by atoms with Crippen molar-refractivity contribution in [1.82, 2.24) is 5.32 Å². The normalized spacial score (nSPS) is 21.1. The summed E-state index contributed by atoms with van der Waals surface area (Å²) in [5.74, 6) is 0.966. The lowest BCUT2D eigenvalue weighted by Gasteiger charge is -2.25. The molecule has 0 amide bonds. The van der Waals surface area contributed by atoms with Gasteiger partial charge in [0, 0.05) is 12.6 Å². The molecule has 114 valence electrons. The lowest BCUT2D eigenvalue weighted by Crippen LogP contribution is -2.39. The van der Waals surface area contributed by atoms with Crippen LogP contribution in [0.4, 0.5) is 0 Å². The minimum absolute atomic E-state index is 0.244. The smallest absolute Gasteiger partial charge is 0.156 e. The van der Waals surface area contributed by atoms with Gasteiger partial charge in [0.25, 0.3) is 0 Å². The second-order valence-electron chi connectivity index (χ2n) is 6.93. The molecule has 0 aromatic heterocycles. The fourth-order valence-corrected chi connectivity index (χ4v) is 3.70. The minimum atomic E-state index is -2.99. The van der Waals surface area contributed by atoms with E-state index in [0.29, 0.717) is 12.6 Å². The van der Waals surface area contributed by atoms with E-state index < -0.39 is 14.6 Å². The van der Waals surface area contributed by atoms with Crippen LogP contribution in [0.25, 0.3) is 0 Å². The van der Waals surface area contributed by atoms with Gasteiger partial charge in [-0.15, -0.1) is 0 Å². The van der Waals surface area contributed by atoms with Gasteiger partial charge in [-0.05, 0) is 46.5 Å². The Bertz CT molecular complexity index is 349. The third-order valence-electron chi connectivity index (χ3n) is 4.38. The predicted molar refractivity (Wildman–Crippen MR) is 82.2 cm³/mol. The Labute approximate surface area is 119 Å². The number of sulfone groups is 1. The van der Waals surface area contributed by atoms with Crippen LogP contribution in [0.15, 0.2) is 0 Å². The molecule has 0 aromatic carbocycles. The number of hydrogen-bond donors (Lipinski definition) is 1. The Balaban J connectivity index is 2.36. The molecule has 1 saturated carbocycles. The first kappa shape index (κ1) is 17.0. The zero-order valence-electron chi connectivity index (χ0n) is 13.0. The molecule has 19 heavy (non-hydrogen) atoms. The zero-order chi connectivity index (χ0) is 14.5. The van der Waals surface area contributed by atoms with Crippen molar-refractivity contribution in [2.24, 2.45) is 5.92 Å². The third kappa shape index (κ3) is 5.42. The van der Waals surface area contributed by atoms with Gasteiger partial charge in [0.05, 0.1) is 10.5 Å². The second-order valence-corrected chi connectivity index (χ2v) is 9.79. The monoisotopic (exact) mass is 289 g/mol. The highest BCUT2D eigenvalue weighted by Gasteiger charge is 2.28. The van der Waals surface area contributed by atoms with Crippen molar-refractivity contribution in [1.29, 1.82) is 0 Å². The molecule has 3 nitrogen and oxygen atoms in total. The van der Waals surface area contributed by atoms with Crippen LogP contribution in [-0.2, 0) is 9.84 Å². The van der Waals surface area contributed by atoms with Gasteiger partial charge in [0.15, 0.2) is 9.84 Å². The number of nitrogens with one attached hydrogen (secondary N) is 1. The Morgan fingerprint density at radius 2 is 1.63 bits per heavy atom. The molecule has 0 saturated heterocycles. The predicted octanol–water partition coefficient (Wildman–Crippen LogP) is 3.15. The number of hydrogen-bond acceptors (Lipinski definition) is 3. The average molecular weight is 289 g/mol. The molecule has 0 spiro atoms. The zero-order valence-corrected chi connectivity index (χ0v) is 13.9. The van der Waals surface area contributed by atoms with Crippen LogP contribution in [0.2, 0.25) is 0 Å². The standard InChI is InChI=1S/C15H31NO2S/c1-13(14-9-7-5-6-8-10-14)16-11-12-19(17,18)15(2,3)4/h13-14,16H,5-12H2,1-4H3/t13-/m1/s1. The van der Waals surface area contributed by atoms with Gasteiger partial charge < -0.3 is 5.32 Å². The van der Waals surface area contributed by atoms with Crippen molar-refractivity contribution in [3.63, 3.8) is 0 Å². The second kappa shape index (κ2) is 7.07. The van der Waals surface area contributed by atoms with Crippen LogP contribution < -0.4 is 5.32 Å². The van der Waals surface area contributed by atoms with E-state index in [1.807, 2.05) is 0 Å². The van der Waals surface area contributed by atoms with Crippen molar-refractivity contribution >= 4 is 9.84 Å². The molecule has 0 radical (unpaired) electrons. The van der Waals surface area contributed by atoms with Gasteiger partial charge in [-0.1, -0.05) is 25.7 Å². The van der Waals surface area contributed by atoms with Crippen LogP contribution in [0.5, 0.6) is 0 Å². The summed E-state index contributed by atoms with van der Waals surface area (Å²) in [6, 6.07) is 0.438. The molecular formula is C15H31NO2S. The van der Waals surface area contributed by atoms with Crippen molar-refractivity contribution in [3.8, 4) is 0 Å². The van der Waals surface area contributed by atoms with E-state index in [1.165, 1.54) is 38.5 Å². The maximum absolute atomic E-state index is 12.0. The molecule has 1 fully saturated rings. The molecule has 1 rings (SSSR count). The molecule has 1 atom stereocenters. The van der Waals surface area contributed by atoms with Crippen molar-refractivity contribution in [2.45, 2.75) is 77.0 Å². The first-order valence-corrected chi connectivity index (χ1v) is 9.35. The van der Waals surface area contributed by atoms with E-state index in [4.69, 9.17) is 0 Å². The molecule has 1 aliphatic rings. The SMILES string of the molecule is C[C@@H](NCCS(=O)(=O)C(C)(C)C)C1CCCCCC1. The molecule has 0 heterocycles. The molecule has 0 aliphatic heterocycles. The summed E-state index contributed by atoms with van der Waals surface area (Å²) < 4.78 is 23.4. The maximum atomic E-state index is 12.0. The fourth-order valence-electron chi connectivity index (χ4n) is 2.70. The lowest BCUT2D eigenvalue weighted by molar-refractivity contribution is 0.343. The largest absolute Gasteiger partial charge is 0.313 e. The average Bonchev–Trinajstić information content (AvgIpc) is 2.55. The summed E-state index contributed by atoms with van der Waals surface area (Å²) in [6.45, 7) is 8.11. The van der Waals surface area contributed by atoms with Gasteiger partial charge in [-0.3, -0.25) is 0 Å². The van der Waals surface area contributed by atoms with Crippen molar-refractivity contribution in [2.75, 3.05) is 12.3 Å². The molecule has 0 unspecified atom stereocenters. The first-order valence-electron chi connectivity index (χ1n) is 7.70. The molecular weight excluding hydrogens is 258 g/mol. The molecule has 0 aromatic rings. The van der Waals surface area contributed by atoms with Gasteiger partial charge >= 0.3 is 0 Å². The fraction of sp³-hybridized carbons (Fsp3) is 1.00. The van der Waals surface area contributed by atoms with Gasteiger partial charge in [0.1, 0.15) is 0 Å². The van der Waals surface area contributed by atoms with Crippen LogP contribution in [0.3, 0.4) is 0 Å². The van der Waals surface area contributed by atoms with Crippen molar-refractivity contribution in [3.05, 3.63) is 0 Å². The minimum Gasteiger partial charge on any atom is -0.313 e. The van der Waals surface area contributed by atoms with E-state index in [-0.39, 0.29) is 5.75 Å². The summed E-state index contributed by atoms with van der Waals surface area (Å²) in [5.41, 5.74) is 0. The van der Waals surface area contributed by atoms with Gasteiger partial charge in [-0.2, -0.15) is 0 Å². The summed E-state index contributed by atoms with van der Waals surface area (Å²) in [5, 5.41) is 3.43. The highest BCUT2D eigenvalue weighted by Crippen LogP contribution is 2.25. The summed E-state index contributed by atoms with van der Waals surface area (Å²) in [6.07, 6.45) is 7.97. The van der Waals surface area contributed by atoms with Crippen LogP contribution >= 0.6 is 0 Å². The van der Waals surface area contributed by atoms with Crippen LogP contribution in [0, 0.1) is 5.92 Å². The summed E-state index contributed by atoms with van der Waals surface area (Å²) >= 11 is 0. The topological polar surface area (TPSA) is 46.2 Å². The maximum Gasteiger partial charge on any atom is 0.156 e. The first-order chi connectivity index (χ1) is 8.74. The molecule has 4 heteroatoms. The van der Waals surface area contributed by atoms with Gasteiger partial charge in [0.2, 0.25) is 0 Å².